The first-order chi connectivity index (χ1) is 9.31. The first kappa shape index (κ1) is 14.7. The summed E-state index contributed by atoms with van der Waals surface area (Å²) in [5.41, 5.74) is 0.0231. The van der Waals surface area contributed by atoms with E-state index in [9.17, 15) is 17.2 Å². The Bertz CT molecular complexity index is 740. The van der Waals surface area contributed by atoms with Crippen LogP contribution in [0, 0.1) is 18.6 Å². The number of rotatable bonds is 3. The minimum atomic E-state index is -4.00. The van der Waals surface area contributed by atoms with Gasteiger partial charge in [0.05, 0.1) is 9.92 Å². The standard InChI is InChI=1S/C13H10ClF2NO2S/c1-8-4-2-3-5-12(8)20(18,19)17-13-10(14)6-9(15)7-11(13)16/h2-7,17H,1H3. The molecule has 0 aliphatic carbocycles. The average Bonchev–Trinajstić information content (AvgIpc) is 2.34. The molecule has 7 heteroatoms. The summed E-state index contributed by atoms with van der Waals surface area (Å²) in [7, 11) is -4.00. The van der Waals surface area contributed by atoms with E-state index in [2.05, 4.69) is 0 Å². The van der Waals surface area contributed by atoms with Crippen molar-refractivity contribution in [2.24, 2.45) is 0 Å². The van der Waals surface area contributed by atoms with Gasteiger partial charge in [0.2, 0.25) is 0 Å². The first-order valence-electron chi connectivity index (χ1n) is 5.54. The molecule has 0 radical (unpaired) electrons. The summed E-state index contributed by atoms with van der Waals surface area (Å²) in [5, 5.41) is -0.348. The molecule has 0 atom stereocenters. The number of halogens is 3. The number of benzene rings is 2. The molecule has 0 bridgehead atoms. The van der Waals surface area contributed by atoms with Gasteiger partial charge in [-0.2, -0.15) is 0 Å². The van der Waals surface area contributed by atoms with Gasteiger partial charge in [-0.3, -0.25) is 4.72 Å². The van der Waals surface area contributed by atoms with E-state index < -0.39 is 27.3 Å². The Morgan fingerprint density at radius 3 is 2.40 bits per heavy atom. The molecule has 106 valence electrons. The Hall–Kier alpha value is -1.66. The van der Waals surface area contributed by atoms with E-state index in [1.165, 1.54) is 6.07 Å². The Morgan fingerprint density at radius 2 is 1.80 bits per heavy atom. The summed E-state index contributed by atoms with van der Waals surface area (Å²) in [6.07, 6.45) is 0. The SMILES string of the molecule is Cc1ccccc1S(=O)(=O)Nc1c(F)cc(F)cc1Cl. The zero-order valence-electron chi connectivity index (χ0n) is 10.3. The number of anilines is 1. The second kappa shape index (κ2) is 5.38. The van der Waals surface area contributed by atoms with Gasteiger partial charge in [-0.1, -0.05) is 29.8 Å². The molecule has 0 heterocycles. The number of hydrogen-bond donors (Lipinski definition) is 1. The van der Waals surface area contributed by atoms with Gasteiger partial charge in [-0.15, -0.1) is 0 Å². The highest BCUT2D eigenvalue weighted by molar-refractivity contribution is 7.92. The van der Waals surface area contributed by atoms with E-state index in [0.29, 0.717) is 11.6 Å². The van der Waals surface area contributed by atoms with E-state index in [4.69, 9.17) is 11.6 Å². The van der Waals surface area contributed by atoms with Crippen LogP contribution in [0.4, 0.5) is 14.5 Å². The molecule has 0 fully saturated rings. The maximum atomic E-state index is 13.6. The lowest BCUT2D eigenvalue weighted by molar-refractivity contribution is 0.582. The van der Waals surface area contributed by atoms with E-state index in [1.807, 2.05) is 4.72 Å². The fourth-order valence-corrected chi connectivity index (χ4v) is 3.32. The van der Waals surface area contributed by atoms with Gasteiger partial charge in [0.15, 0.2) is 5.82 Å². The van der Waals surface area contributed by atoms with Crippen molar-refractivity contribution >= 4 is 27.3 Å². The third-order valence-corrected chi connectivity index (χ3v) is 4.43. The minimum absolute atomic E-state index is 0.000193. The molecule has 0 saturated carbocycles. The zero-order valence-corrected chi connectivity index (χ0v) is 11.9. The minimum Gasteiger partial charge on any atom is -0.275 e. The predicted octanol–water partition coefficient (Wildman–Crippen LogP) is 3.73. The number of nitrogens with one attached hydrogen (secondary N) is 1. The van der Waals surface area contributed by atoms with Crippen LogP contribution in [0.15, 0.2) is 41.3 Å². The lowest BCUT2D eigenvalue weighted by Gasteiger charge is -2.12. The number of hydrogen-bond acceptors (Lipinski definition) is 2. The van der Waals surface area contributed by atoms with E-state index in [1.54, 1.807) is 25.1 Å². The summed E-state index contributed by atoms with van der Waals surface area (Å²) in [5.74, 6) is -1.96. The van der Waals surface area contributed by atoms with E-state index in [-0.39, 0.29) is 9.92 Å². The largest absolute Gasteiger partial charge is 0.275 e. The molecule has 0 spiro atoms. The highest BCUT2D eigenvalue weighted by atomic mass is 35.5. The highest BCUT2D eigenvalue weighted by Gasteiger charge is 2.20. The average molecular weight is 318 g/mol. The molecule has 2 rings (SSSR count). The van der Waals surface area contributed by atoms with Gasteiger partial charge >= 0.3 is 0 Å². The molecule has 0 amide bonds. The molecule has 0 aliphatic rings. The van der Waals surface area contributed by atoms with Gasteiger partial charge in [0.25, 0.3) is 10.0 Å². The topological polar surface area (TPSA) is 46.2 Å². The van der Waals surface area contributed by atoms with Crippen molar-refractivity contribution in [2.45, 2.75) is 11.8 Å². The van der Waals surface area contributed by atoms with Crippen molar-refractivity contribution in [3.05, 3.63) is 58.6 Å². The molecular weight excluding hydrogens is 308 g/mol. The van der Waals surface area contributed by atoms with Gasteiger partial charge in [0.1, 0.15) is 11.5 Å². The molecule has 3 nitrogen and oxygen atoms in total. The Kier molecular flexibility index (Phi) is 3.96. The maximum absolute atomic E-state index is 13.6. The summed E-state index contributed by atoms with van der Waals surface area (Å²) < 4.78 is 52.9. The summed E-state index contributed by atoms with van der Waals surface area (Å²) in [6, 6.07) is 7.61. The van der Waals surface area contributed by atoms with Crippen LogP contribution >= 0.6 is 11.6 Å². The molecule has 1 N–H and O–H groups in total. The third kappa shape index (κ3) is 2.91. The third-order valence-electron chi connectivity index (χ3n) is 2.63. The van der Waals surface area contributed by atoms with Crippen LogP contribution in [0.1, 0.15) is 5.56 Å². The van der Waals surface area contributed by atoms with Crippen LogP contribution in [-0.2, 0) is 10.0 Å². The molecule has 2 aromatic carbocycles. The van der Waals surface area contributed by atoms with Gasteiger partial charge in [-0.05, 0) is 24.6 Å². The predicted molar refractivity (Wildman–Crippen MR) is 73.4 cm³/mol. The van der Waals surface area contributed by atoms with Crippen LogP contribution < -0.4 is 4.72 Å². The van der Waals surface area contributed by atoms with E-state index >= 15 is 0 Å². The Morgan fingerprint density at radius 1 is 1.15 bits per heavy atom. The molecule has 0 unspecified atom stereocenters. The maximum Gasteiger partial charge on any atom is 0.262 e. The van der Waals surface area contributed by atoms with E-state index in [0.717, 1.165) is 6.07 Å². The Balaban J connectivity index is 2.47. The van der Waals surface area contributed by atoms with Crippen molar-refractivity contribution in [2.75, 3.05) is 4.72 Å². The van der Waals surface area contributed by atoms with Crippen molar-refractivity contribution < 1.29 is 17.2 Å². The second-order valence-corrected chi connectivity index (χ2v) is 6.17. The normalized spacial score (nSPS) is 11.4. The Labute approximate surface area is 120 Å². The molecule has 0 saturated heterocycles. The van der Waals surface area contributed by atoms with Crippen LogP contribution in [0.2, 0.25) is 5.02 Å². The van der Waals surface area contributed by atoms with Crippen molar-refractivity contribution in [3.8, 4) is 0 Å². The molecule has 0 aromatic heterocycles. The molecule has 0 aliphatic heterocycles. The van der Waals surface area contributed by atoms with Crippen molar-refractivity contribution in [1.29, 1.82) is 0 Å². The van der Waals surface area contributed by atoms with Gasteiger partial charge in [-0.25, -0.2) is 17.2 Å². The van der Waals surface area contributed by atoms with Crippen LogP contribution in [0.3, 0.4) is 0 Å². The summed E-state index contributed by atoms with van der Waals surface area (Å²) in [4.78, 5) is -0.000193. The second-order valence-electron chi connectivity index (χ2n) is 4.12. The van der Waals surface area contributed by atoms with Crippen molar-refractivity contribution in [1.82, 2.24) is 0 Å². The lowest BCUT2D eigenvalue weighted by atomic mass is 10.2. The molecule has 2 aromatic rings. The summed E-state index contributed by atoms with van der Waals surface area (Å²) in [6.45, 7) is 1.61. The number of aryl methyl sites for hydroxylation is 1. The monoisotopic (exact) mass is 317 g/mol. The fraction of sp³-hybridized carbons (Fsp3) is 0.0769. The quantitative estimate of drug-likeness (QED) is 0.937. The zero-order chi connectivity index (χ0) is 14.9. The summed E-state index contributed by atoms with van der Waals surface area (Å²) >= 11 is 5.66. The van der Waals surface area contributed by atoms with Crippen LogP contribution in [0.25, 0.3) is 0 Å². The van der Waals surface area contributed by atoms with Crippen molar-refractivity contribution in [3.63, 3.8) is 0 Å². The molecule has 20 heavy (non-hydrogen) atoms. The van der Waals surface area contributed by atoms with Crippen LogP contribution in [0.5, 0.6) is 0 Å². The first-order valence-corrected chi connectivity index (χ1v) is 7.40. The highest BCUT2D eigenvalue weighted by Crippen LogP contribution is 2.29. The van der Waals surface area contributed by atoms with Gasteiger partial charge < -0.3 is 0 Å². The fourth-order valence-electron chi connectivity index (χ4n) is 1.69. The van der Waals surface area contributed by atoms with Crippen LogP contribution in [-0.4, -0.2) is 8.42 Å². The smallest absolute Gasteiger partial charge is 0.262 e. The molecular formula is C13H10ClF2NO2S. The van der Waals surface area contributed by atoms with Gasteiger partial charge in [0, 0.05) is 6.07 Å². The lowest BCUT2D eigenvalue weighted by Crippen LogP contribution is -2.15. The number of sulfonamides is 1.